The fourth-order valence-corrected chi connectivity index (χ4v) is 2.88. The van der Waals surface area contributed by atoms with Gasteiger partial charge in [-0.2, -0.15) is 0 Å². The summed E-state index contributed by atoms with van der Waals surface area (Å²) in [5, 5.41) is 1.03. The lowest BCUT2D eigenvalue weighted by atomic mass is 10.0. The molecule has 0 saturated carbocycles. The molecule has 4 nitrogen and oxygen atoms in total. The van der Waals surface area contributed by atoms with E-state index in [1.165, 1.54) is 0 Å². The molecule has 2 heterocycles. The lowest BCUT2D eigenvalue weighted by molar-refractivity contribution is 1.07. The molecule has 0 bridgehead atoms. The number of rotatable bonds is 3. The average Bonchev–Trinajstić information content (AvgIpc) is 2.67. The molecule has 0 fully saturated rings. The number of hydrogen-bond acceptors (Lipinski definition) is 4. The second-order valence-corrected chi connectivity index (χ2v) is 5.98. The summed E-state index contributed by atoms with van der Waals surface area (Å²) >= 11 is 0. The minimum Gasteiger partial charge on any atom is -0.326 e. The van der Waals surface area contributed by atoms with Crippen molar-refractivity contribution in [2.75, 3.05) is 0 Å². The molecule has 0 radical (unpaired) electrons. The van der Waals surface area contributed by atoms with Gasteiger partial charge in [0.2, 0.25) is 0 Å². The Morgan fingerprint density at radius 3 is 2.36 bits per heavy atom. The molecule has 2 N–H and O–H groups in total. The van der Waals surface area contributed by atoms with Crippen molar-refractivity contribution >= 4 is 10.9 Å². The number of benzene rings is 2. The summed E-state index contributed by atoms with van der Waals surface area (Å²) in [6.07, 6.45) is 0. The highest BCUT2D eigenvalue weighted by Gasteiger charge is 2.12. The molecule has 0 atom stereocenters. The summed E-state index contributed by atoms with van der Waals surface area (Å²) in [5.74, 6) is 0.639. The van der Waals surface area contributed by atoms with E-state index < -0.39 is 0 Å². The Kier molecular flexibility index (Phi) is 3.96. The maximum absolute atomic E-state index is 5.71. The first kappa shape index (κ1) is 15.4. The normalized spacial score (nSPS) is 11.0. The van der Waals surface area contributed by atoms with Gasteiger partial charge in [0.05, 0.1) is 11.2 Å². The molecule has 4 rings (SSSR count). The van der Waals surface area contributed by atoms with Crippen LogP contribution in [0, 0.1) is 6.92 Å². The van der Waals surface area contributed by atoms with Crippen molar-refractivity contribution in [2.45, 2.75) is 13.5 Å². The van der Waals surface area contributed by atoms with E-state index in [9.17, 15) is 0 Å². The molecule has 122 valence electrons. The van der Waals surface area contributed by atoms with Crippen molar-refractivity contribution in [3.05, 3.63) is 78.0 Å². The van der Waals surface area contributed by atoms with Crippen molar-refractivity contribution in [1.29, 1.82) is 0 Å². The highest BCUT2D eigenvalue weighted by Crippen LogP contribution is 2.28. The smallest absolute Gasteiger partial charge is 0.179 e. The van der Waals surface area contributed by atoms with Crippen molar-refractivity contribution in [3.63, 3.8) is 0 Å². The number of fused-ring (bicyclic) bond motifs is 1. The minimum absolute atomic E-state index is 0.531. The first-order valence-corrected chi connectivity index (χ1v) is 8.25. The zero-order chi connectivity index (χ0) is 17.2. The molecule has 0 unspecified atom stereocenters. The molecule has 4 heteroatoms. The average molecular weight is 326 g/mol. The number of hydrogen-bond donors (Lipinski definition) is 1. The third kappa shape index (κ3) is 2.99. The fraction of sp³-hybridized carbons (Fsp3) is 0.0952. The second-order valence-electron chi connectivity index (χ2n) is 5.98. The first-order chi connectivity index (χ1) is 12.2. The van der Waals surface area contributed by atoms with Gasteiger partial charge in [0.15, 0.2) is 5.82 Å². The van der Waals surface area contributed by atoms with Gasteiger partial charge < -0.3 is 5.73 Å². The highest BCUT2D eigenvalue weighted by molar-refractivity contribution is 5.93. The Balaban J connectivity index is 1.95. The fourth-order valence-electron chi connectivity index (χ4n) is 2.88. The van der Waals surface area contributed by atoms with Crippen LogP contribution in [0.15, 0.2) is 66.7 Å². The number of para-hydroxylation sites is 1. The Morgan fingerprint density at radius 1 is 0.800 bits per heavy atom. The largest absolute Gasteiger partial charge is 0.326 e. The maximum atomic E-state index is 5.71. The Morgan fingerprint density at radius 2 is 1.60 bits per heavy atom. The van der Waals surface area contributed by atoms with E-state index in [1.54, 1.807) is 0 Å². The van der Waals surface area contributed by atoms with Crippen LogP contribution in [0.25, 0.3) is 33.7 Å². The number of aryl methyl sites for hydroxylation is 1. The molecule has 0 aliphatic rings. The Hall–Kier alpha value is -3.11. The molecule has 0 aliphatic heterocycles. The van der Waals surface area contributed by atoms with Crippen LogP contribution in [-0.4, -0.2) is 15.0 Å². The quantitative estimate of drug-likeness (QED) is 0.615. The van der Waals surface area contributed by atoms with Gasteiger partial charge in [0.25, 0.3) is 0 Å². The van der Waals surface area contributed by atoms with E-state index in [-0.39, 0.29) is 0 Å². The van der Waals surface area contributed by atoms with E-state index in [2.05, 4.69) is 23.2 Å². The van der Waals surface area contributed by atoms with Crippen molar-refractivity contribution in [3.8, 4) is 22.8 Å². The third-order valence-electron chi connectivity index (χ3n) is 4.18. The van der Waals surface area contributed by atoms with Gasteiger partial charge in [-0.15, -0.1) is 0 Å². The molecule has 4 aromatic rings. The summed E-state index contributed by atoms with van der Waals surface area (Å²) in [4.78, 5) is 14.1. The molecule has 0 amide bonds. The zero-order valence-corrected chi connectivity index (χ0v) is 14.0. The monoisotopic (exact) mass is 326 g/mol. The van der Waals surface area contributed by atoms with Gasteiger partial charge in [-0.3, -0.25) is 0 Å². The summed E-state index contributed by atoms with van der Waals surface area (Å²) in [6.45, 7) is 2.50. The zero-order valence-electron chi connectivity index (χ0n) is 14.0. The van der Waals surface area contributed by atoms with Crippen LogP contribution in [0.3, 0.4) is 0 Å². The lowest BCUT2D eigenvalue weighted by Gasteiger charge is -2.09. The molecule has 0 saturated heterocycles. The Bertz CT molecular complexity index is 1040. The van der Waals surface area contributed by atoms with Crippen LogP contribution >= 0.6 is 0 Å². The molecule has 2 aromatic heterocycles. The summed E-state index contributed by atoms with van der Waals surface area (Å²) in [6, 6.07) is 22.1. The molecule has 0 spiro atoms. The first-order valence-electron chi connectivity index (χ1n) is 8.25. The molecular weight excluding hydrogens is 308 g/mol. The molecule has 2 aromatic carbocycles. The van der Waals surface area contributed by atoms with Gasteiger partial charge in [-0.05, 0) is 30.7 Å². The standard InChI is InChI=1S/C21H18N4/c1-14-5-4-8-19(23-14)21-24-18-7-3-2-6-17(18)20(25-21)16-11-9-15(13-22)10-12-16/h2-12H,13,22H2,1H3. The van der Waals surface area contributed by atoms with Crippen LogP contribution in [0.5, 0.6) is 0 Å². The third-order valence-corrected chi connectivity index (χ3v) is 4.18. The summed E-state index contributed by atoms with van der Waals surface area (Å²) in [5.41, 5.74) is 11.4. The van der Waals surface area contributed by atoms with Crippen molar-refractivity contribution in [2.24, 2.45) is 5.73 Å². The number of aromatic nitrogens is 3. The molecule has 0 aliphatic carbocycles. The lowest BCUT2D eigenvalue weighted by Crippen LogP contribution is -1.98. The van der Waals surface area contributed by atoms with E-state index in [0.717, 1.165) is 39.1 Å². The molecular formula is C21H18N4. The summed E-state index contributed by atoms with van der Waals surface area (Å²) in [7, 11) is 0. The molecule has 25 heavy (non-hydrogen) atoms. The Labute approximate surface area is 146 Å². The second kappa shape index (κ2) is 6.42. The van der Waals surface area contributed by atoms with E-state index in [0.29, 0.717) is 12.4 Å². The van der Waals surface area contributed by atoms with Crippen LogP contribution in [0.2, 0.25) is 0 Å². The van der Waals surface area contributed by atoms with Gasteiger partial charge in [-0.25, -0.2) is 15.0 Å². The van der Waals surface area contributed by atoms with Gasteiger partial charge in [-0.1, -0.05) is 48.5 Å². The number of nitrogens with two attached hydrogens (primary N) is 1. The van der Waals surface area contributed by atoms with Crippen LogP contribution in [0.1, 0.15) is 11.3 Å². The number of nitrogens with zero attached hydrogens (tertiary/aromatic N) is 3. The van der Waals surface area contributed by atoms with E-state index in [1.807, 2.05) is 55.5 Å². The predicted octanol–water partition coefficient (Wildman–Crippen LogP) is 4.13. The minimum atomic E-state index is 0.531. The van der Waals surface area contributed by atoms with Crippen LogP contribution in [-0.2, 0) is 6.54 Å². The van der Waals surface area contributed by atoms with Gasteiger partial charge >= 0.3 is 0 Å². The van der Waals surface area contributed by atoms with Crippen molar-refractivity contribution in [1.82, 2.24) is 15.0 Å². The van der Waals surface area contributed by atoms with E-state index in [4.69, 9.17) is 15.7 Å². The predicted molar refractivity (Wildman–Crippen MR) is 101 cm³/mol. The van der Waals surface area contributed by atoms with Crippen molar-refractivity contribution < 1.29 is 0 Å². The number of pyridine rings is 1. The van der Waals surface area contributed by atoms with Crippen LogP contribution < -0.4 is 5.73 Å². The summed E-state index contributed by atoms with van der Waals surface area (Å²) < 4.78 is 0. The maximum Gasteiger partial charge on any atom is 0.179 e. The van der Waals surface area contributed by atoms with E-state index >= 15 is 0 Å². The van der Waals surface area contributed by atoms with Crippen LogP contribution in [0.4, 0.5) is 0 Å². The SMILES string of the molecule is Cc1cccc(-c2nc(-c3ccc(CN)cc3)c3ccccc3n2)n1. The van der Waals surface area contributed by atoms with Gasteiger partial charge in [0, 0.05) is 23.2 Å². The highest BCUT2D eigenvalue weighted by atomic mass is 14.9. The topological polar surface area (TPSA) is 64.7 Å². The van der Waals surface area contributed by atoms with Gasteiger partial charge in [0.1, 0.15) is 5.69 Å².